The molecule has 7 bridgehead atoms. The summed E-state index contributed by atoms with van der Waals surface area (Å²) in [6.07, 6.45) is 19.5. The number of esters is 2. The second kappa shape index (κ2) is 11.4. The number of hydrogen-bond acceptors (Lipinski definition) is 9. The average Bonchev–Trinajstić information content (AvgIpc) is 3.73. The Kier molecular flexibility index (Phi) is 7.61. The van der Waals surface area contributed by atoms with Gasteiger partial charge in [-0.3, -0.25) is 0 Å². The monoisotopic (exact) mass is 648 g/mol. The normalized spacial score (nSPS) is 38.1. The van der Waals surface area contributed by atoms with Gasteiger partial charge in [0.05, 0.1) is 22.7 Å². The second-order valence-electron chi connectivity index (χ2n) is 14.4. The molecule has 0 aromatic carbocycles. The van der Waals surface area contributed by atoms with Crippen molar-refractivity contribution in [2.45, 2.75) is 89.9 Å². The number of hydrogen-bond donors (Lipinski definition) is 3. The highest BCUT2D eigenvalue weighted by atomic mass is 33.1. The van der Waals surface area contributed by atoms with Gasteiger partial charge in [0.1, 0.15) is 17.0 Å². The summed E-state index contributed by atoms with van der Waals surface area (Å²) in [5.74, 6) is 3.01. The fourth-order valence-electron chi connectivity index (χ4n) is 9.95. The van der Waals surface area contributed by atoms with E-state index in [0.29, 0.717) is 18.1 Å². The van der Waals surface area contributed by atoms with Crippen molar-refractivity contribution in [1.82, 2.24) is 10.6 Å². The summed E-state index contributed by atoms with van der Waals surface area (Å²) >= 11 is 0. The van der Waals surface area contributed by atoms with Crippen LogP contribution < -0.4 is 10.6 Å². The largest absolute Gasteiger partial charge is 0.427 e. The van der Waals surface area contributed by atoms with Gasteiger partial charge in [0.2, 0.25) is 0 Å². The quantitative estimate of drug-likeness (QED) is 0.218. The maximum Gasteiger partial charge on any atom is 0.340 e. The summed E-state index contributed by atoms with van der Waals surface area (Å²) in [4.78, 5) is 28.1. The molecule has 0 aromatic rings. The van der Waals surface area contributed by atoms with Crippen LogP contribution >= 0.6 is 21.6 Å². The van der Waals surface area contributed by atoms with Crippen LogP contribution in [0.15, 0.2) is 69.5 Å². The zero-order valence-electron chi connectivity index (χ0n) is 26.3. The van der Waals surface area contributed by atoms with Crippen LogP contribution in [0.4, 0.5) is 0 Å². The Morgan fingerprint density at radius 2 is 1.93 bits per heavy atom. The van der Waals surface area contributed by atoms with E-state index in [1.165, 1.54) is 34.8 Å². The maximum absolute atomic E-state index is 14.1. The van der Waals surface area contributed by atoms with Crippen LogP contribution in [-0.2, 0) is 19.1 Å². The predicted octanol–water partition coefficient (Wildman–Crippen LogP) is 6.92. The Bertz CT molecular complexity index is 1510. The van der Waals surface area contributed by atoms with Crippen LogP contribution in [0.5, 0.6) is 0 Å². The van der Waals surface area contributed by atoms with E-state index in [0.717, 1.165) is 86.2 Å². The van der Waals surface area contributed by atoms with E-state index >= 15 is 0 Å². The van der Waals surface area contributed by atoms with Gasteiger partial charge in [0, 0.05) is 23.6 Å². The molecule has 45 heavy (non-hydrogen) atoms. The number of aliphatic hydroxyl groups is 1. The molecule has 2 saturated carbocycles. The van der Waals surface area contributed by atoms with Crippen LogP contribution in [0.2, 0.25) is 0 Å². The van der Waals surface area contributed by atoms with Crippen molar-refractivity contribution in [3.05, 3.63) is 69.5 Å². The van der Waals surface area contributed by atoms with E-state index < -0.39 is 10.9 Å². The molecule has 0 radical (unpaired) electrons. The Morgan fingerprint density at radius 3 is 2.76 bits per heavy atom. The summed E-state index contributed by atoms with van der Waals surface area (Å²) in [7, 11) is 3.07. The summed E-state index contributed by atoms with van der Waals surface area (Å²) in [5.41, 5.74) is 3.99. The molecule has 9 heteroatoms. The maximum atomic E-state index is 14.1. The minimum atomic E-state index is -0.668. The molecule has 1 spiro atoms. The molecule has 6 atom stereocenters. The van der Waals surface area contributed by atoms with Crippen molar-refractivity contribution in [3.8, 4) is 0 Å². The molecule has 4 heterocycles. The minimum absolute atomic E-state index is 0.0356. The van der Waals surface area contributed by atoms with Gasteiger partial charge >= 0.3 is 11.9 Å². The molecule has 9 aliphatic rings. The molecule has 0 amide bonds. The minimum Gasteiger partial charge on any atom is -0.427 e. The van der Waals surface area contributed by atoms with E-state index in [9.17, 15) is 14.7 Å². The standard InChI is InChI=1S/C36H44N2O5S2/c1-3-35(12-4-5-13-35)18-26-24-8-7-23-22-10-14-36(30(23)29(24)32(39)42-26)27-9-6-20(2)34(41)45-44-19-38-28-17-21(11-15-37-28)16-25(22)31(36)33(40)43-27/h9,11,17-18,20,22-23,30,34,37-38,41H,3-8,10,12-16,19H2,1-2H3. The van der Waals surface area contributed by atoms with E-state index in [-0.39, 0.29) is 41.0 Å². The van der Waals surface area contributed by atoms with Gasteiger partial charge in [-0.05, 0) is 105 Å². The van der Waals surface area contributed by atoms with Gasteiger partial charge in [-0.2, -0.15) is 0 Å². The van der Waals surface area contributed by atoms with Crippen LogP contribution in [0.3, 0.4) is 0 Å². The lowest BCUT2D eigenvalue weighted by Crippen LogP contribution is -2.52. The third-order valence-electron chi connectivity index (χ3n) is 12.2. The van der Waals surface area contributed by atoms with Crippen molar-refractivity contribution in [2.24, 2.45) is 34.5 Å². The van der Waals surface area contributed by atoms with Crippen LogP contribution in [0.1, 0.15) is 84.5 Å². The van der Waals surface area contributed by atoms with E-state index in [1.54, 1.807) is 10.8 Å². The topological polar surface area (TPSA) is 96.9 Å². The van der Waals surface area contributed by atoms with Gasteiger partial charge < -0.3 is 25.2 Å². The number of aliphatic hydroxyl groups excluding tert-OH is 1. The third-order valence-corrected chi connectivity index (χ3v) is 14.7. The molecule has 7 nitrogen and oxygen atoms in total. The van der Waals surface area contributed by atoms with Crippen molar-refractivity contribution >= 4 is 33.5 Å². The summed E-state index contributed by atoms with van der Waals surface area (Å²) in [6, 6.07) is 0. The summed E-state index contributed by atoms with van der Waals surface area (Å²) in [6.45, 7) is 5.03. The molecule has 4 aliphatic heterocycles. The van der Waals surface area contributed by atoms with Crippen molar-refractivity contribution < 1.29 is 24.2 Å². The first kappa shape index (κ1) is 30.0. The highest BCUT2D eigenvalue weighted by molar-refractivity contribution is 8.76. The van der Waals surface area contributed by atoms with E-state index in [1.807, 2.05) is 6.92 Å². The smallest absolute Gasteiger partial charge is 0.340 e. The van der Waals surface area contributed by atoms with Gasteiger partial charge in [-0.1, -0.05) is 59.9 Å². The lowest BCUT2D eigenvalue weighted by atomic mass is 9.44. The number of carbonyl (C=O) groups is 2. The zero-order chi connectivity index (χ0) is 30.9. The lowest BCUT2D eigenvalue weighted by Gasteiger charge is -2.56. The van der Waals surface area contributed by atoms with Crippen molar-refractivity contribution in [1.29, 1.82) is 0 Å². The Morgan fingerprint density at radius 1 is 1.09 bits per heavy atom. The zero-order valence-corrected chi connectivity index (χ0v) is 27.9. The molecule has 5 aliphatic carbocycles. The lowest BCUT2D eigenvalue weighted by molar-refractivity contribution is -0.135. The Labute approximate surface area is 273 Å². The first-order valence-electron chi connectivity index (χ1n) is 17.0. The van der Waals surface area contributed by atoms with Crippen LogP contribution in [-0.4, -0.2) is 34.9 Å². The highest BCUT2D eigenvalue weighted by Gasteiger charge is 2.68. The van der Waals surface area contributed by atoms with Gasteiger partial charge in [0.15, 0.2) is 0 Å². The molecule has 3 N–H and O–H groups in total. The number of cyclic esters (lactones) is 1. The first-order valence-corrected chi connectivity index (χ1v) is 19.4. The average molecular weight is 649 g/mol. The number of rotatable bonds is 2. The molecule has 3 fully saturated rings. The molecule has 240 valence electrons. The number of fused-ring (bicyclic) bond motifs is 2. The fraction of sp³-hybridized carbons (Fsp3) is 0.611. The van der Waals surface area contributed by atoms with Crippen LogP contribution in [0, 0.1) is 34.5 Å². The van der Waals surface area contributed by atoms with Crippen molar-refractivity contribution in [3.63, 3.8) is 0 Å². The van der Waals surface area contributed by atoms with Gasteiger partial charge in [-0.25, -0.2) is 9.59 Å². The number of dihydropyridines is 1. The summed E-state index contributed by atoms with van der Waals surface area (Å²) in [5, 5.41) is 17.9. The first-order chi connectivity index (χ1) is 21.8. The Balaban J connectivity index is 1.28. The number of allylic oxidation sites excluding steroid dienone is 7. The van der Waals surface area contributed by atoms with Crippen molar-refractivity contribution in [2.75, 3.05) is 12.4 Å². The third kappa shape index (κ3) is 4.73. The second-order valence-corrected chi connectivity index (χ2v) is 16.9. The SMILES string of the molecule is CCC1(C=C2OC(=O)C3=C2CCC2C4CCC5(C6=CCC(C)C(O)SSCNC7=CC(=CCN7)CC4=C5C(=O)O6)C32)CCCC1. The van der Waals surface area contributed by atoms with Gasteiger partial charge in [0.25, 0.3) is 0 Å². The summed E-state index contributed by atoms with van der Waals surface area (Å²) < 4.78 is 12.5. The molecule has 1 saturated heterocycles. The highest BCUT2D eigenvalue weighted by Crippen LogP contribution is 2.71. The molecule has 0 aromatic heterocycles. The van der Waals surface area contributed by atoms with Crippen LogP contribution in [0.25, 0.3) is 0 Å². The number of ether oxygens (including phenoxy) is 2. The molecule has 9 rings (SSSR count). The fourth-order valence-corrected chi connectivity index (χ4v) is 12.0. The van der Waals surface area contributed by atoms with Gasteiger partial charge in [-0.15, -0.1) is 0 Å². The van der Waals surface area contributed by atoms with E-state index in [4.69, 9.17) is 9.47 Å². The molecular formula is C36H44N2O5S2. The molecule has 6 unspecified atom stereocenters. The van der Waals surface area contributed by atoms with E-state index in [2.05, 4.69) is 41.9 Å². The number of carbonyl (C=O) groups excluding carboxylic acids is 2. The Hall–Kier alpha value is -2.36. The molecular weight excluding hydrogens is 605 g/mol. The number of nitrogens with one attached hydrogen (secondary N) is 2. The predicted molar refractivity (Wildman–Crippen MR) is 177 cm³/mol.